The van der Waals surface area contributed by atoms with Crippen molar-refractivity contribution in [2.45, 2.75) is 19.8 Å². The van der Waals surface area contributed by atoms with Gasteiger partial charge >= 0.3 is 0 Å². The van der Waals surface area contributed by atoms with Gasteiger partial charge in [0.15, 0.2) is 0 Å². The molecular formula is C13H11ClF2N2O. The van der Waals surface area contributed by atoms with Crippen LogP contribution in [0.5, 0.6) is 11.6 Å². The second-order valence-corrected chi connectivity index (χ2v) is 4.26. The van der Waals surface area contributed by atoms with Crippen molar-refractivity contribution < 1.29 is 13.5 Å². The number of nitrogens with zero attached hydrogens (tertiary/aromatic N) is 2. The van der Waals surface area contributed by atoms with Gasteiger partial charge in [0.1, 0.15) is 28.9 Å². The Morgan fingerprint density at radius 1 is 1.16 bits per heavy atom. The molecule has 19 heavy (non-hydrogen) atoms. The van der Waals surface area contributed by atoms with Gasteiger partial charge in [0.05, 0.1) is 5.56 Å². The van der Waals surface area contributed by atoms with Crippen molar-refractivity contribution in [3.8, 4) is 11.6 Å². The zero-order valence-electron chi connectivity index (χ0n) is 10.2. The molecule has 1 heterocycles. The van der Waals surface area contributed by atoms with Crippen LogP contribution in [0.3, 0.4) is 0 Å². The fourth-order valence-corrected chi connectivity index (χ4v) is 1.84. The Hall–Kier alpha value is -1.75. The molecule has 0 fully saturated rings. The van der Waals surface area contributed by atoms with Crippen LogP contribution in [0.1, 0.15) is 18.9 Å². The van der Waals surface area contributed by atoms with Gasteiger partial charge in [0.25, 0.3) is 0 Å². The third kappa shape index (κ3) is 3.38. The quantitative estimate of drug-likeness (QED) is 0.791. The molecule has 0 atom stereocenters. The van der Waals surface area contributed by atoms with Gasteiger partial charge in [-0.15, -0.1) is 0 Å². The summed E-state index contributed by atoms with van der Waals surface area (Å²) >= 11 is 5.96. The number of ether oxygens (including phenoxy) is 1. The van der Waals surface area contributed by atoms with Crippen LogP contribution in [0.15, 0.2) is 24.5 Å². The van der Waals surface area contributed by atoms with E-state index >= 15 is 0 Å². The van der Waals surface area contributed by atoms with Crippen LogP contribution in [-0.2, 0) is 6.42 Å². The SMILES string of the molecule is CCCc1c(Cl)ncnc1Oc1cc(F)cc(F)c1. The van der Waals surface area contributed by atoms with E-state index in [2.05, 4.69) is 9.97 Å². The number of hydrogen-bond acceptors (Lipinski definition) is 3. The average Bonchev–Trinajstić information content (AvgIpc) is 2.32. The smallest absolute Gasteiger partial charge is 0.227 e. The van der Waals surface area contributed by atoms with Crippen molar-refractivity contribution >= 4 is 11.6 Å². The van der Waals surface area contributed by atoms with Crippen LogP contribution < -0.4 is 4.74 Å². The summed E-state index contributed by atoms with van der Waals surface area (Å²) in [7, 11) is 0. The molecule has 0 bridgehead atoms. The molecule has 100 valence electrons. The molecule has 0 radical (unpaired) electrons. The lowest BCUT2D eigenvalue weighted by atomic mass is 10.2. The Morgan fingerprint density at radius 3 is 2.47 bits per heavy atom. The van der Waals surface area contributed by atoms with Crippen molar-refractivity contribution in [2.75, 3.05) is 0 Å². The van der Waals surface area contributed by atoms with Gasteiger partial charge in [-0.25, -0.2) is 18.7 Å². The summed E-state index contributed by atoms with van der Waals surface area (Å²) in [6.45, 7) is 1.97. The van der Waals surface area contributed by atoms with Crippen molar-refractivity contribution in [2.24, 2.45) is 0 Å². The van der Waals surface area contributed by atoms with E-state index in [1.165, 1.54) is 6.33 Å². The van der Waals surface area contributed by atoms with Gasteiger partial charge in [0.2, 0.25) is 5.88 Å². The van der Waals surface area contributed by atoms with Gasteiger partial charge in [-0.3, -0.25) is 0 Å². The Labute approximate surface area is 114 Å². The van der Waals surface area contributed by atoms with E-state index in [9.17, 15) is 8.78 Å². The number of rotatable bonds is 4. The molecule has 0 saturated carbocycles. The minimum atomic E-state index is -0.716. The number of benzene rings is 1. The summed E-state index contributed by atoms with van der Waals surface area (Å²) in [6.07, 6.45) is 2.68. The molecule has 0 amide bonds. The van der Waals surface area contributed by atoms with Crippen molar-refractivity contribution in [3.05, 3.63) is 46.9 Å². The van der Waals surface area contributed by atoms with Gasteiger partial charge in [-0.2, -0.15) is 0 Å². The monoisotopic (exact) mass is 284 g/mol. The summed E-state index contributed by atoms with van der Waals surface area (Å²) in [6, 6.07) is 2.93. The molecule has 0 spiro atoms. The van der Waals surface area contributed by atoms with Gasteiger partial charge < -0.3 is 4.74 Å². The number of halogens is 3. The summed E-state index contributed by atoms with van der Waals surface area (Å²) in [5.41, 5.74) is 0.622. The third-order valence-electron chi connectivity index (χ3n) is 2.40. The zero-order chi connectivity index (χ0) is 13.8. The minimum absolute atomic E-state index is 0.0321. The average molecular weight is 285 g/mol. The van der Waals surface area contributed by atoms with Crippen LogP contribution in [0.25, 0.3) is 0 Å². The summed E-state index contributed by atoms with van der Waals surface area (Å²) in [5.74, 6) is -1.18. The molecular weight excluding hydrogens is 274 g/mol. The predicted octanol–water partition coefficient (Wildman–Crippen LogP) is 4.15. The first-order valence-electron chi connectivity index (χ1n) is 5.73. The summed E-state index contributed by atoms with van der Waals surface area (Å²) < 4.78 is 31.5. The first-order valence-corrected chi connectivity index (χ1v) is 6.11. The van der Waals surface area contributed by atoms with E-state index in [0.29, 0.717) is 12.0 Å². The Kier molecular flexibility index (Phi) is 4.27. The molecule has 2 rings (SSSR count). The first-order chi connectivity index (χ1) is 9.10. The van der Waals surface area contributed by atoms with Crippen molar-refractivity contribution in [1.82, 2.24) is 9.97 Å². The van der Waals surface area contributed by atoms with Crippen LogP contribution in [-0.4, -0.2) is 9.97 Å². The minimum Gasteiger partial charge on any atom is -0.438 e. The number of hydrogen-bond donors (Lipinski definition) is 0. The van der Waals surface area contributed by atoms with Crippen LogP contribution >= 0.6 is 11.6 Å². The zero-order valence-corrected chi connectivity index (χ0v) is 10.9. The molecule has 0 N–H and O–H groups in total. The summed E-state index contributed by atoms with van der Waals surface area (Å²) in [4.78, 5) is 7.81. The molecule has 0 aliphatic heterocycles. The lowest BCUT2D eigenvalue weighted by molar-refractivity contribution is 0.443. The van der Waals surface area contributed by atoms with E-state index in [4.69, 9.17) is 16.3 Å². The molecule has 6 heteroatoms. The maximum Gasteiger partial charge on any atom is 0.227 e. The van der Waals surface area contributed by atoms with Crippen LogP contribution in [0, 0.1) is 11.6 Å². The van der Waals surface area contributed by atoms with Gasteiger partial charge in [0, 0.05) is 18.2 Å². The standard InChI is InChI=1S/C13H11ClF2N2O/c1-2-3-11-12(14)17-7-18-13(11)19-10-5-8(15)4-9(16)6-10/h4-7H,2-3H2,1H3. The highest BCUT2D eigenvalue weighted by Crippen LogP contribution is 2.28. The topological polar surface area (TPSA) is 35.0 Å². The second-order valence-electron chi connectivity index (χ2n) is 3.91. The fourth-order valence-electron chi connectivity index (χ4n) is 1.62. The molecule has 1 aromatic heterocycles. The lowest BCUT2D eigenvalue weighted by Crippen LogP contribution is -1.98. The van der Waals surface area contributed by atoms with E-state index in [0.717, 1.165) is 24.6 Å². The highest BCUT2D eigenvalue weighted by molar-refractivity contribution is 6.30. The molecule has 2 aromatic rings. The van der Waals surface area contributed by atoms with Crippen LogP contribution in [0.2, 0.25) is 5.15 Å². The van der Waals surface area contributed by atoms with Crippen LogP contribution in [0.4, 0.5) is 8.78 Å². The largest absolute Gasteiger partial charge is 0.438 e. The molecule has 1 aromatic carbocycles. The molecule has 0 aliphatic carbocycles. The lowest BCUT2D eigenvalue weighted by Gasteiger charge is -2.10. The molecule has 0 aliphatic rings. The normalized spacial score (nSPS) is 10.5. The highest BCUT2D eigenvalue weighted by Gasteiger charge is 2.12. The highest BCUT2D eigenvalue weighted by atomic mass is 35.5. The van der Waals surface area contributed by atoms with Crippen molar-refractivity contribution in [1.29, 1.82) is 0 Å². The van der Waals surface area contributed by atoms with Crippen molar-refractivity contribution in [3.63, 3.8) is 0 Å². The second kappa shape index (κ2) is 5.93. The molecule has 0 unspecified atom stereocenters. The first kappa shape index (κ1) is 13.7. The molecule has 3 nitrogen and oxygen atoms in total. The van der Waals surface area contributed by atoms with Gasteiger partial charge in [-0.1, -0.05) is 24.9 Å². The van der Waals surface area contributed by atoms with Gasteiger partial charge in [-0.05, 0) is 6.42 Å². The Bertz CT molecular complexity index is 573. The Balaban J connectivity index is 2.34. The maximum absolute atomic E-state index is 13.1. The van der Waals surface area contributed by atoms with E-state index < -0.39 is 11.6 Å². The van der Waals surface area contributed by atoms with E-state index in [1.54, 1.807) is 0 Å². The summed E-state index contributed by atoms with van der Waals surface area (Å²) in [5, 5.41) is 0.281. The van der Waals surface area contributed by atoms with E-state index in [-0.39, 0.29) is 16.8 Å². The predicted molar refractivity (Wildman–Crippen MR) is 67.5 cm³/mol. The molecule has 0 saturated heterocycles. The fraction of sp³-hybridized carbons (Fsp3) is 0.231. The maximum atomic E-state index is 13.1. The third-order valence-corrected chi connectivity index (χ3v) is 2.73. The number of aromatic nitrogens is 2. The Morgan fingerprint density at radius 2 is 1.84 bits per heavy atom. The van der Waals surface area contributed by atoms with E-state index in [1.807, 2.05) is 6.92 Å².